The van der Waals surface area contributed by atoms with Gasteiger partial charge in [0.1, 0.15) is 0 Å². The Kier molecular flexibility index (Phi) is 4.90. The van der Waals surface area contributed by atoms with E-state index in [9.17, 15) is 8.42 Å². The predicted octanol–water partition coefficient (Wildman–Crippen LogP) is 1.75. The average molecular weight is 289 g/mol. The Morgan fingerprint density at radius 1 is 1.26 bits per heavy atom. The van der Waals surface area contributed by atoms with Crippen LogP contribution in [0.4, 0.5) is 0 Å². The van der Waals surface area contributed by atoms with Crippen molar-refractivity contribution >= 4 is 9.84 Å². The summed E-state index contributed by atoms with van der Waals surface area (Å²) in [6, 6.07) is 0.457. The molecule has 0 amide bonds. The molecular weight excluding hydrogens is 262 g/mol. The van der Waals surface area contributed by atoms with Crippen LogP contribution in [0.5, 0.6) is 0 Å². The molecule has 2 aliphatic carbocycles. The van der Waals surface area contributed by atoms with Gasteiger partial charge in [-0.25, -0.2) is 8.42 Å². The van der Waals surface area contributed by atoms with Crippen molar-refractivity contribution in [3.05, 3.63) is 0 Å². The first-order valence-corrected chi connectivity index (χ1v) is 9.41. The van der Waals surface area contributed by atoms with Gasteiger partial charge >= 0.3 is 0 Å². The standard InChI is InChI=1S/C14H27NO3S/c1-3-18-13-11-12(14(13)7-5-6-8-14)15-9-10-19(16,17)4-2/h12-13,15H,3-11H2,1-2H3. The van der Waals surface area contributed by atoms with Crippen LogP contribution in [0.25, 0.3) is 0 Å². The molecule has 5 heteroatoms. The third-order valence-corrected chi connectivity index (χ3v) is 6.64. The minimum absolute atomic E-state index is 0.242. The third kappa shape index (κ3) is 3.14. The molecule has 0 aromatic rings. The third-order valence-electron chi connectivity index (χ3n) is 4.93. The highest BCUT2D eigenvalue weighted by Crippen LogP contribution is 2.54. The zero-order chi connectivity index (χ0) is 13.9. The van der Waals surface area contributed by atoms with Gasteiger partial charge in [-0.1, -0.05) is 19.8 Å². The largest absolute Gasteiger partial charge is 0.378 e. The normalized spacial score (nSPS) is 29.6. The monoisotopic (exact) mass is 289 g/mol. The minimum atomic E-state index is -2.85. The van der Waals surface area contributed by atoms with Gasteiger partial charge in [0.25, 0.3) is 0 Å². The van der Waals surface area contributed by atoms with Crippen molar-refractivity contribution in [2.24, 2.45) is 5.41 Å². The zero-order valence-electron chi connectivity index (χ0n) is 12.2. The number of rotatable bonds is 7. The van der Waals surface area contributed by atoms with Crippen LogP contribution in [0.15, 0.2) is 0 Å². The molecule has 0 aromatic carbocycles. The zero-order valence-corrected chi connectivity index (χ0v) is 13.0. The van der Waals surface area contributed by atoms with Crippen LogP contribution in [0.3, 0.4) is 0 Å². The quantitative estimate of drug-likeness (QED) is 0.776. The van der Waals surface area contributed by atoms with Gasteiger partial charge in [-0.3, -0.25) is 0 Å². The summed E-state index contributed by atoms with van der Waals surface area (Å²) in [5.41, 5.74) is 0.298. The molecule has 19 heavy (non-hydrogen) atoms. The SMILES string of the molecule is CCOC1CC(NCCS(=O)(=O)CC)C12CCCC2. The second-order valence-electron chi connectivity index (χ2n) is 5.86. The summed E-state index contributed by atoms with van der Waals surface area (Å²) in [5, 5.41) is 3.47. The maximum Gasteiger partial charge on any atom is 0.151 e. The molecule has 0 radical (unpaired) electrons. The van der Waals surface area contributed by atoms with Crippen molar-refractivity contribution in [1.82, 2.24) is 5.32 Å². The summed E-state index contributed by atoms with van der Waals surface area (Å²) >= 11 is 0. The lowest BCUT2D eigenvalue weighted by Gasteiger charge is -2.54. The Bertz CT molecular complexity index is 387. The highest BCUT2D eigenvalue weighted by Gasteiger charge is 2.56. The van der Waals surface area contributed by atoms with Crippen LogP contribution in [-0.4, -0.2) is 45.2 Å². The van der Waals surface area contributed by atoms with E-state index in [1.807, 2.05) is 0 Å². The number of hydrogen-bond donors (Lipinski definition) is 1. The number of hydrogen-bond acceptors (Lipinski definition) is 4. The molecule has 112 valence electrons. The topological polar surface area (TPSA) is 55.4 Å². The van der Waals surface area contributed by atoms with Gasteiger partial charge in [0.2, 0.25) is 0 Å². The molecule has 0 aliphatic heterocycles. The van der Waals surface area contributed by atoms with Gasteiger partial charge in [-0.05, 0) is 26.2 Å². The fraction of sp³-hybridized carbons (Fsp3) is 1.00. The maximum atomic E-state index is 11.5. The van der Waals surface area contributed by atoms with Crippen molar-refractivity contribution in [3.8, 4) is 0 Å². The fourth-order valence-corrected chi connectivity index (χ4v) is 4.42. The van der Waals surface area contributed by atoms with Crippen molar-refractivity contribution in [3.63, 3.8) is 0 Å². The first kappa shape index (κ1) is 15.3. The van der Waals surface area contributed by atoms with Gasteiger partial charge in [0.15, 0.2) is 9.84 Å². The summed E-state index contributed by atoms with van der Waals surface area (Å²) in [6.45, 7) is 5.13. The maximum absolute atomic E-state index is 11.5. The van der Waals surface area contributed by atoms with Crippen molar-refractivity contribution in [2.75, 3.05) is 24.7 Å². The molecule has 1 N–H and O–H groups in total. The molecule has 2 aliphatic rings. The van der Waals surface area contributed by atoms with E-state index < -0.39 is 9.84 Å². The Morgan fingerprint density at radius 2 is 1.95 bits per heavy atom. The van der Waals surface area contributed by atoms with Crippen LogP contribution in [0.2, 0.25) is 0 Å². The Hall–Kier alpha value is -0.130. The highest BCUT2D eigenvalue weighted by atomic mass is 32.2. The van der Waals surface area contributed by atoms with Gasteiger partial charge < -0.3 is 10.1 Å². The van der Waals surface area contributed by atoms with Crippen LogP contribution in [0, 0.1) is 5.41 Å². The van der Waals surface area contributed by atoms with Crippen LogP contribution < -0.4 is 5.32 Å². The molecule has 0 saturated heterocycles. The molecule has 4 nitrogen and oxygen atoms in total. The Balaban J connectivity index is 1.84. The molecule has 2 atom stereocenters. The van der Waals surface area contributed by atoms with Crippen LogP contribution >= 0.6 is 0 Å². The summed E-state index contributed by atoms with van der Waals surface area (Å²) in [6.07, 6.45) is 6.47. The lowest BCUT2D eigenvalue weighted by Crippen LogP contribution is -2.63. The van der Waals surface area contributed by atoms with E-state index in [1.54, 1.807) is 6.92 Å². The van der Waals surface area contributed by atoms with E-state index in [0.717, 1.165) is 13.0 Å². The van der Waals surface area contributed by atoms with Crippen molar-refractivity contribution in [2.45, 2.75) is 58.1 Å². The summed E-state index contributed by atoms with van der Waals surface area (Å²) in [7, 11) is -2.85. The average Bonchev–Trinajstić information content (AvgIpc) is 2.89. The second-order valence-corrected chi connectivity index (χ2v) is 8.34. The van der Waals surface area contributed by atoms with Crippen LogP contribution in [-0.2, 0) is 14.6 Å². The molecule has 0 bridgehead atoms. The molecule has 2 saturated carbocycles. The lowest BCUT2D eigenvalue weighted by atomic mass is 9.60. The second kappa shape index (κ2) is 6.10. The number of sulfone groups is 1. The molecule has 2 rings (SSSR count). The Labute approximate surface area is 117 Å². The van der Waals surface area contributed by atoms with E-state index in [-0.39, 0.29) is 11.5 Å². The van der Waals surface area contributed by atoms with Gasteiger partial charge in [0, 0.05) is 30.4 Å². The van der Waals surface area contributed by atoms with E-state index >= 15 is 0 Å². The first-order valence-electron chi connectivity index (χ1n) is 7.59. The Morgan fingerprint density at radius 3 is 2.53 bits per heavy atom. The number of nitrogens with one attached hydrogen (secondary N) is 1. The van der Waals surface area contributed by atoms with Gasteiger partial charge in [-0.2, -0.15) is 0 Å². The van der Waals surface area contributed by atoms with Crippen molar-refractivity contribution in [1.29, 1.82) is 0 Å². The van der Waals surface area contributed by atoms with Gasteiger partial charge in [-0.15, -0.1) is 0 Å². The minimum Gasteiger partial charge on any atom is -0.378 e. The highest BCUT2D eigenvalue weighted by molar-refractivity contribution is 7.91. The van der Waals surface area contributed by atoms with E-state index in [4.69, 9.17) is 4.74 Å². The predicted molar refractivity (Wildman–Crippen MR) is 77.1 cm³/mol. The van der Waals surface area contributed by atoms with Gasteiger partial charge in [0.05, 0.1) is 11.9 Å². The van der Waals surface area contributed by atoms with E-state index in [1.165, 1.54) is 25.7 Å². The van der Waals surface area contributed by atoms with E-state index in [0.29, 0.717) is 24.1 Å². The molecule has 2 unspecified atom stereocenters. The van der Waals surface area contributed by atoms with E-state index in [2.05, 4.69) is 12.2 Å². The lowest BCUT2D eigenvalue weighted by molar-refractivity contribution is -0.129. The molecule has 0 aromatic heterocycles. The van der Waals surface area contributed by atoms with Crippen molar-refractivity contribution < 1.29 is 13.2 Å². The molecule has 0 heterocycles. The fourth-order valence-electron chi connectivity index (χ4n) is 3.71. The molecule has 1 spiro atoms. The smallest absolute Gasteiger partial charge is 0.151 e. The summed E-state index contributed by atoms with van der Waals surface area (Å²) in [5.74, 6) is 0.501. The molecular formula is C14H27NO3S. The first-order chi connectivity index (χ1) is 9.04. The summed E-state index contributed by atoms with van der Waals surface area (Å²) < 4.78 is 28.9. The molecule has 2 fully saturated rings. The van der Waals surface area contributed by atoms with Crippen LogP contribution in [0.1, 0.15) is 46.0 Å². The number of ether oxygens (including phenoxy) is 1. The summed E-state index contributed by atoms with van der Waals surface area (Å²) in [4.78, 5) is 0.